The number of hydrogen-bond donors (Lipinski definition) is 2. The van der Waals surface area contributed by atoms with Crippen LogP contribution in [0.15, 0.2) is 38.6 Å². The summed E-state index contributed by atoms with van der Waals surface area (Å²) in [7, 11) is 1.47. The molecule has 0 spiro atoms. The number of carbonyl (C=O) groups is 1. The van der Waals surface area contributed by atoms with Crippen LogP contribution < -0.4 is 10.1 Å². The van der Waals surface area contributed by atoms with Gasteiger partial charge in [-0.05, 0) is 29.2 Å². The lowest BCUT2D eigenvalue weighted by atomic mass is 9.86. The Morgan fingerprint density at radius 3 is 2.70 bits per heavy atom. The highest BCUT2D eigenvalue weighted by atomic mass is 16.5. The van der Waals surface area contributed by atoms with Crippen LogP contribution in [-0.2, 0) is 4.79 Å². The van der Waals surface area contributed by atoms with Gasteiger partial charge < -0.3 is 9.84 Å². The van der Waals surface area contributed by atoms with Gasteiger partial charge in [0, 0.05) is 0 Å². The number of aromatic hydroxyl groups is 1. The van der Waals surface area contributed by atoms with Crippen molar-refractivity contribution in [2.45, 2.75) is 26.8 Å². The topological polar surface area (TPSA) is 108 Å². The predicted octanol–water partition coefficient (Wildman–Crippen LogP) is 2.09. The molecule has 8 heteroatoms. The van der Waals surface area contributed by atoms with Gasteiger partial charge in [0.05, 0.1) is 13.3 Å². The number of nitrogens with one attached hydrogen (secondary N) is 1. The highest BCUT2D eigenvalue weighted by molar-refractivity contribution is 6.01. The van der Waals surface area contributed by atoms with Crippen molar-refractivity contribution >= 4 is 18.1 Å². The van der Waals surface area contributed by atoms with E-state index in [1.165, 1.54) is 19.4 Å². The Bertz CT molecular complexity index is 689. The average Bonchev–Trinajstić information content (AvgIpc) is 2.46. The van der Waals surface area contributed by atoms with Gasteiger partial charge in [0.25, 0.3) is 11.9 Å². The smallest absolute Gasteiger partial charge is 0.268 e. The zero-order valence-electron chi connectivity index (χ0n) is 13.4. The van der Waals surface area contributed by atoms with E-state index >= 15 is 0 Å². The van der Waals surface area contributed by atoms with E-state index in [4.69, 9.17) is 4.74 Å². The standard InChI is InChI=1S/C15H19N5O3/c1-15(2,3)12-13(22)17-14(20-18-12)19-16-8-9-5-6-11(23-4)10(21)7-9/h5-8,12,21H,1-4H3,(H,17,19,22)/b16-8+. The fourth-order valence-electron chi connectivity index (χ4n) is 1.92. The largest absolute Gasteiger partial charge is 0.504 e. The molecule has 0 aliphatic carbocycles. The average molecular weight is 317 g/mol. The first kappa shape index (κ1) is 16.6. The summed E-state index contributed by atoms with van der Waals surface area (Å²) in [6.45, 7) is 5.73. The van der Waals surface area contributed by atoms with Crippen molar-refractivity contribution in [3.05, 3.63) is 23.8 Å². The second-order valence-corrected chi connectivity index (χ2v) is 6.07. The van der Waals surface area contributed by atoms with E-state index in [0.29, 0.717) is 11.3 Å². The molecule has 0 aromatic heterocycles. The number of benzene rings is 1. The summed E-state index contributed by atoms with van der Waals surface area (Å²) >= 11 is 0. The zero-order chi connectivity index (χ0) is 17.0. The molecule has 1 amide bonds. The van der Waals surface area contributed by atoms with Crippen LogP contribution in [-0.4, -0.2) is 36.3 Å². The number of azo groups is 1. The van der Waals surface area contributed by atoms with E-state index in [0.717, 1.165) is 0 Å². The number of phenolic OH excluding ortho intramolecular Hbond substituents is 1. The van der Waals surface area contributed by atoms with Crippen molar-refractivity contribution in [3.8, 4) is 11.5 Å². The molecule has 2 rings (SSSR count). The number of guanidine groups is 1. The summed E-state index contributed by atoms with van der Waals surface area (Å²) in [5.41, 5.74) is 0.308. The Morgan fingerprint density at radius 1 is 1.39 bits per heavy atom. The molecule has 8 nitrogen and oxygen atoms in total. The molecule has 122 valence electrons. The summed E-state index contributed by atoms with van der Waals surface area (Å²) in [6.07, 6.45) is 1.42. The van der Waals surface area contributed by atoms with E-state index < -0.39 is 6.04 Å². The van der Waals surface area contributed by atoms with Crippen LogP contribution in [0, 0.1) is 5.41 Å². The van der Waals surface area contributed by atoms with Crippen LogP contribution >= 0.6 is 0 Å². The van der Waals surface area contributed by atoms with Crippen LogP contribution in [0.2, 0.25) is 0 Å². The van der Waals surface area contributed by atoms with Gasteiger partial charge in [-0.2, -0.15) is 10.2 Å². The lowest BCUT2D eigenvalue weighted by molar-refractivity contribution is -0.123. The molecule has 2 N–H and O–H groups in total. The van der Waals surface area contributed by atoms with Crippen LogP contribution in [0.3, 0.4) is 0 Å². The number of carbonyl (C=O) groups excluding carboxylic acids is 1. The Labute approximate surface area is 134 Å². The molecule has 0 saturated carbocycles. The van der Waals surface area contributed by atoms with Crippen molar-refractivity contribution < 1.29 is 14.6 Å². The first-order valence-corrected chi connectivity index (χ1v) is 7.01. The number of hydrogen-bond acceptors (Lipinski definition) is 6. The minimum Gasteiger partial charge on any atom is -0.504 e. The van der Waals surface area contributed by atoms with Gasteiger partial charge in [-0.1, -0.05) is 20.8 Å². The van der Waals surface area contributed by atoms with Gasteiger partial charge in [0.1, 0.15) is 0 Å². The van der Waals surface area contributed by atoms with Gasteiger partial charge in [-0.25, -0.2) is 0 Å². The summed E-state index contributed by atoms with van der Waals surface area (Å²) in [5.74, 6) is 0.144. The maximum absolute atomic E-state index is 12.0. The van der Waals surface area contributed by atoms with Crippen molar-refractivity contribution in [2.75, 3.05) is 7.11 Å². The number of rotatable bonds is 3. The summed E-state index contributed by atoms with van der Waals surface area (Å²) in [6, 6.07) is 4.25. The lowest BCUT2D eigenvalue weighted by Gasteiger charge is -2.26. The molecule has 23 heavy (non-hydrogen) atoms. The fourth-order valence-corrected chi connectivity index (χ4v) is 1.92. The third-order valence-electron chi connectivity index (χ3n) is 3.13. The Morgan fingerprint density at radius 2 is 2.13 bits per heavy atom. The highest BCUT2D eigenvalue weighted by Gasteiger charge is 2.34. The molecule has 1 atom stereocenters. The molecule has 1 aliphatic rings. The van der Waals surface area contributed by atoms with Crippen molar-refractivity contribution in [1.29, 1.82) is 0 Å². The Hall–Kier alpha value is -2.77. The molecule has 0 radical (unpaired) electrons. The maximum Gasteiger partial charge on any atom is 0.268 e. The molecule has 1 unspecified atom stereocenters. The van der Waals surface area contributed by atoms with E-state index in [1.54, 1.807) is 12.1 Å². The molecular formula is C15H19N5O3. The highest BCUT2D eigenvalue weighted by Crippen LogP contribution is 2.26. The minimum atomic E-state index is -0.552. The third kappa shape index (κ3) is 4.12. The lowest BCUT2D eigenvalue weighted by Crippen LogP contribution is -2.46. The van der Waals surface area contributed by atoms with E-state index in [9.17, 15) is 9.90 Å². The van der Waals surface area contributed by atoms with Crippen molar-refractivity contribution in [2.24, 2.45) is 25.8 Å². The maximum atomic E-state index is 12.0. The number of ether oxygens (including phenoxy) is 1. The summed E-state index contributed by atoms with van der Waals surface area (Å²) in [5, 5.41) is 27.7. The van der Waals surface area contributed by atoms with Gasteiger partial charge in [0.15, 0.2) is 17.5 Å². The minimum absolute atomic E-state index is 0.00257. The fraction of sp³-hybridized carbons (Fsp3) is 0.400. The van der Waals surface area contributed by atoms with E-state index in [-0.39, 0.29) is 23.0 Å². The first-order valence-electron chi connectivity index (χ1n) is 7.01. The van der Waals surface area contributed by atoms with Gasteiger partial charge in [-0.3, -0.25) is 10.1 Å². The van der Waals surface area contributed by atoms with Crippen LogP contribution in [0.1, 0.15) is 26.3 Å². The number of amides is 1. The van der Waals surface area contributed by atoms with Crippen LogP contribution in [0.25, 0.3) is 0 Å². The number of phenols is 1. The zero-order valence-corrected chi connectivity index (χ0v) is 13.4. The second-order valence-electron chi connectivity index (χ2n) is 6.07. The predicted molar refractivity (Wildman–Crippen MR) is 85.9 cm³/mol. The summed E-state index contributed by atoms with van der Waals surface area (Å²) in [4.78, 5) is 12.0. The Kier molecular flexibility index (Phi) is 4.73. The van der Waals surface area contributed by atoms with E-state index in [1.807, 2.05) is 20.8 Å². The molecule has 0 saturated heterocycles. The second kappa shape index (κ2) is 6.55. The monoisotopic (exact) mass is 317 g/mol. The van der Waals surface area contributed by atoms with Crippen LogP contribution in [0.5, 0.6) is 11.5 Å². The third-order valence-corrected chi connectivity index (χ3v) is 3.13. The van der Waals surface area contributed by atoms with Crippen LogP contribution in [0.4, 0.5) is 0 Å². The molecule has 0 fully saturated rings. The van der Waals surface area contributed by atoms with Crippen molar-refractivity contribution in [1.82, 2.24) is 5.32 Å². The first-order chi connectivity index (χ1) is 10.8. The molecule has 0 bridgehead atoms. The molecule has 1 aliphatic heterocycles. The SMILES string of the molecule is COc1ccc(/C=N/N=C2\N=NC(C(C)(C)C)C(=O)N2)cc1O. The van der Waals surface area contributed by atoms with Crippen molar-refractivity contribution in [3.63, 3.8) is 0 Å². The van der Waals surface area contributed by atoms with Gasteiger partial charge in [0.2, 0.25) is 0 Å². The quantitative estimate of drug-likeness (QED) is 0.658. The molecular weight excluding hydrogens is 298 g/mol. The van der Waals surface area contributed by atoms with E-state index in [2.05, 4.69) is 25.7 Å². The summed E-state index contributed by atoms with van der Waals surface area (Å²) < 4.78 is 4.95. The number of nitrogens with zero attached hydrogens (tertiary/aromatic N) is 4. The molecule has 1 heterocycles. The molecule has 1 aromatic carbocycles. The Balaban J connectivity index is 2.09. The van der Waals surface area contributed by atoms with Gasteiger partial charge in [-0.15, -0.1) is 10.2 Å². The van der Waals surface area contributed by atoms with Gasteiger partial charge >= 0.3 is 0 Å². The number of methoxy groups -OCH3 is 1. The molecule has 1 aromatic rings. The normalized spacial score (nSPS) is 20.1.